The van der Waals surface area contributed by atoms with Crippen molar-refractivity contribution in [2.45, 2.75) is 0 Å². The highest BCUT2D eigenvalue weighted by atomic mass is 79.9. The zero-order valence-corrected chi connectivity index (χ0v) is 8.37. The second-order valence-corrected chi connectivity index (χ2v) is 3.16. The monoisotopic (exact) mass is 229 g/mol. The molecule has 0 aromatic heterocycles. The molecule has 65 valence electrons. The Balaban J connectivity index is 2.41. The summed E-state index contributed by atoms with van der Waals surface area (Å²) in [6.45, 7) is 1.95. The molecule has 0 aliphatic heterocycles. The lowest BCUT2D eigenvalue weighted by molar-refractivity contribution is 0.00461. The number of halogens is 1. The topological polar surface area (TPSA) is 18.5 Å². The van der Waals surface area contributed by atoms with Crippen molar-refractivity contribution in [1.29, 1.82) is 0 Å². The molecule has 0 fully saturated rings. The van der Waals surface area contributed by atoms with E-state index in [1.807, 2.05) is 24.3 Å². The molecule has 0 saturated carbocycles. The summed E-state index contributed by atoms with van der Waals surface area (Å²) in [4.78, 5) is 0. The Kier molecular flexibility index (Phi) is 4.29. The number of hydrogen-bond donors (Lipinski definition) is 0. The molecule has 2 nitrogen and oxygen atoms in total. The van der Waals surface area contributed by atoms with Gasteiger partial charge < -0.3 is 9.47 Å². The lowest BCUT2D eigenvalue weighted by Gasteiger charge is -2.01. The summed E-state index contributed by atoms with van der Waals surface area (Å²) < 4.78 is 10.8. The van der Waals surface area contributed by atoms with Crippen LogP contribution in [0.4, 0.5) is 0 Å². The summed E-state index contributed by atoms with van der Waals surface area (Å²) in [5.41, 5.74) is 1.02. The van der Waals surface area contributed by atoms with Crippen molar-refractivity contribution in [3.8, 4) is 0 Å². The lowest BCUT2D eigenvalue weighted by Crippen LogP contribution is -1.94. The van der Waals surface area contributed by atoms with Gasteiger partial charge in [-0.25, -0.2) is 0 Å². The maximum atomic E-state index is 5.06. The van der Waals surface area contributed by atoms with E-state index in [2.05, 4.69) is 15.9 Å². The minimum Gasteiger partial charge on any atom is -0.359 e. The zero-order chi connectivity index (χ0) is 8.81. The highest BCUT2D eigenvalue weighted by molar-refractivity contribution is 9.10. The number of methoxy groups -OCH3 is 1. The molecule has 1 rings (SSSR count). The number of hydrogen-bond acceptors (Lipinski definition) is 2. The molecule has 12 heavy (non-hydrogen) atoms. The van der Waals surface area contributed by atoms with E-state index in [4.69, 9.17) is 9.47 Å². The summed E-state index contributed by atoms with van der Waals surface area (Å²) in [6.07, 6.45) is 0. The van der Waals surface area contributed by atoms with Crippen molar-refractivity contribution in [3.63, 3.8) is 0 Å². The molecule has 0 N–H and O–H groups in total. The molecule has 0 aliphatic rings. The zero-order valence-electron chi connectivity index (χ0n) is 6.79. The fraction of sp³-hybridized carbons (Fsp3) is 0.222. The molecule has 0 amide bonds. The molecule has 1 radical (unpaired) electrons. The van der Waals surface area contributed by atoms with Gasteiger partial charge in [-0.15, -0.1) is 0 Å². The lowest BCUT2D eigenvalue weighted by atomic mass is 10.2. The Morgan fingerprint density at radius 3 is 3.00 bits per heavy atom. The molecular weight excluding hydrogens is 220 g/mol. The van der Waals surface area contributed by atoms with Crippen molar-refractivity contribution in [2.75, 3.05) is 13.9 Å². The summed E-state index contributed by atoms with van der Waals surface area (Å²) in [5, 5.41) is 0. The second-order valence-electron chi connectivity index (χ2n) is 2.25. The first kappa shape index (κ1) is 9.71. The largest absolute Gasteiger partial charge is 0.359 e. The van der Waals surface area contributed by atoms with E-state index >= 15 is 0 Å². The van der Waals surface area contributed by atoms with Crippen molar-refractivity contribution in [3.05, 3.63) is 40.9 Å². The van der Waals surface area contributed by atoms with E-state index in [9.17, 15) is 0 Å². The van der Waals surface area contributed by atoms with Gasteiger partial charge in [0, 0.05) is 11.6 Å². The van der Waals surface area contributed by atoms with Gasteiger partial charge in [0.05, 0.1) is 0 Å². The van der Waals surface area contributed by atoms with Crippen LogP contribution in [0.1, 0.15) is 5.56 Å². The Labute approximate surface area is 80.6 Å². The van der Waals surface area contributed by atoms with Crippen LogP contribution < -0.4 is 0 Å². The van der Waals surface area contributed by atoms with Crippen molar-refractivity contribution in [2.24, 2.45) is 0 Å². The van der Waals surface area contributed by atoms with Gasteiger partial charge >= 0.3 is 0 Å². The molecule has 0 bridgehead atoms. The molecule has 0 spiro atoms. The van der Waals surface area contributed by atoms with Crippen LogP contribution in [0.2, 0.25) is 0 Å². The van der Waals surface area contributed by atoms with E-state index < -0.39 is 0 Å². The summed E-state index contributed by atoms with van der Waals surface area (Å²) in [6, 6.07) is 7.84. The van der Waals surface area contributed by atoms with Crippen LogP contribution in [0, 0.1) is 6.61 Å². The minimum absolute atomic E-state index is 0.284. The van der Waals surface area contributed by atoms with Gasteiger partial charge in [-0.2, -0.15) is 0 Å². The van der Waals surface area contributed by atoms with Crippen molar-refractivity contribution >= 4 is 15.9 Å². The first-order valence-corrected chi connectivity index (χ1v) is 4.31. The quantitative estimate of drug-likeness (QED) is 0.584. The third-order valence-electron chi connectivity index (χ3n) is 1.25. The Bertz CT molecular complexity index is 238. The summed E-state index contributed by atoms with van der Waals surface area (Å²) in [5.74, 6) is 0. The van der Waals surface area contributed by atoms with Crippen LogP contribution in [0.3, 0.4) is 0 Å². The van der Waals surface area contributed by atoms with Crippen LogP contribution in [0.25, 0.3) is 0 Å². The fourth-order valence-corrected chi connectivity index (χ4v) is 1.20. The summed E-state index contributed by atoms with van der Waals surface area (Å²) >= 11 is 3.36. The predicted octanol–water partition coefficient (Wildman–Crippen LogP) is 2.58. The van der Waals surface area contributed by atoms with Crippen LogP contribution in [0.5, 0.6) is 0 Å². The van der Waals surface area contributed by atoms with Crippen molar-refractivity contribution < 1.29 is 9.47 Å². The second kappa shape index (κ2) is 5.30. The average molecular weight is 230 g/mol. The predicted molar refractivity (Wildman–Crippen MR) is 50.5 cm³/mol. The normalized spacial score (nSPS) is 10.2. The Morgan fingerprint density at radius 1 is 1.50 bits per heavy atom. The standard InChI is InChI=1S/C9H10BrO2/c1-11-7-12-6-8-3-2-4-9(10)5-8/h2-6H,7H2,1H3. The van der Waals surface area contributed by atoms with Gasteiger partial charge in [0.25, 0.3) is 0 Å². The van der Waals surface area contributed by atoms with Gasteiger partial charge in [0.2, 0.25) is 0 Å². The molecule has 0 unspecified atom stereocenters. The van der Waals surface area contributed by atoms with Crippen molar-refractivity contribution in [1.82, 2.24) is 0 Å². The molecule has 0 saturated heterocycles. The Hall–Kier alpha value is -0.380. The van der Waals surface area contributed by atoms with Gasteiger partial charge in [-0.05, 0) is 17.7 Å². The molecular formula is C9H10BrO2. The smallest absolute Gasteiger partial charge is 0.147 e. The molecule has 1 aromatic rings. The fourth-order valence-electron chi connectivity index (χ4n) is 0.778. The molecule has 1 aromatic carbocycles. The van der Waals surface area contributed by atoms with Gasteiger partial charge in [-0.3, -0.25) is 0 Å². The first-order valence-electron chi connectivity index (χ1n) is 3.52. The molecule has 3 heteroatoms. The molecule has 0 atom stereocenters. The van der Waals surface area contributed by atoms with E-state index in [1.165, 1.54) is 0 Å². The number of rotatable bonds is 4. The highest BCUT2D eigenvalue weighted by Crippen LogP contribution is 2.12. The first-order chi connectivity index (χ1) is 5.83. The van der Waals surface area contributed by atoms with Crippen LogP contribution in [-0.2, 0) is 9.47 Å². The average Bonchev–Trinajstić information content (AvgIpc) is 2.05. The maximum Gasteiger partial charge on any atom is 0.147 e. The Morgan fingerprint density at radius 2 is 2.33 bits per heavy atom. The van der Waals surface area contributed by atoms with E-state index in [0.29, 0.717) is 0 Å². The number of ether oxygens (including phenoxy) is 2. The molecule has 0 heterocycles. The van der Waals surface area contributed by atoms with Crippen LogP contribution in [-0.4, -0.2) is 13.9 Å². The maximum absolute atomic E-state index is 5.06. The number of benzene rings is 1. The highest BCUT2D eigenvalue weighted by Gasteiger charge is 1.93. The van der Waals surface area contributed by atoms with Gasteiger partial charge in [0.15, 0.2) is 0 Å². The van der Waals surface area contributed by atoms with E-state index in [1.54, 1.807) is 13.7 Å². The third-order valence-corrected chi connectivity index (χ3v) is 1.75. The minimum atomic E-state index is 0.284. The van der Waals surface area contributed by atoms with E-state index in [-0.39, 0.29) is 6.79 Å². The van der Waals surface area contributed by atoms with Gasteiger partial charge in [0.1, 0.15) is 13.4 Å². The summed E-state index contributed by atoms with van der Waals surface area (Å²) in [7, 11) is 1.59. The third kappa shape index (κ3) is 3.34. The molecule has 0 aliphatic carbocycles. The van der Waals surface area contributed by atoms with E-state index in [0.717, 1.165) is 10.0 Å². The van der Waals surface area contributed by atoms with Crippen LogP contribution >= 0.6 is 15.9 Å². The SMILES string of the molecule is COCO[CH]c1cccc(Br)c1. The van der Waals surface area contributed by atoms with Gasteiger partial charge in [-0.1, -0.05) is 28.1 Å². The van der Waals surface area contributed by atoms with Crippen LogP contribution in [0.15, 0.2) is 28.7 Å².